The molecule has 7 rings (SSSR count). The second-order valence-electron chi connectivity index (χ2n) is 10.5. The second kappa shape index (κ2) is 9.24. The molecule has 4 aliphatic rings. The molecule has 7 heteroatoms. The number of imide groups is 1. The molecular weight excluding hydrogens is 480 g/mol. The highest BCUT2D eigenvalue weighted by Crippen LogP contribution is 2.61. The first kappa shape index (κ1) is 24.1. The van der Waals surface area contributed by atoms with Gasteiger partial charge in [0.2, 0.25) is 11.8 Å². The molecule has 0 saturated carbocycles. The Balaban J connectivity index is 1.28. The van der Waals surface area contributed by atoms with Crippen molar-refractivity contribution >= 4 is 29.4 Å². The lowest BCUT2D eigenvalue weighted by Crippen LogP contribution is -2.49. The summed E-state index contributed by atoms with van der Waals surface area (Å²) in [6.45, 7) is 3.04. The van der Waals surface area contributed by atoms with Crippen LogP contribution in [0.25, 0.3) is 0 Å². The van der Waals surface area contributed by atoms with Crippen LogP contribution in [0.4, 0.5) is 5.69 Å². The fourth-order valence-electron chi connectivity index (χ4n) is 6.59. The maximum atomic E-state index is 14.0. The highest BCUT2D eigenvalue weighted by atomic mass is 16.5. The Morgan fingerprint density at radius 3 is 1.66 bits per heavy atom. The second-order valence-corrected chi connectivity index (χ2v) is 10.5. The molecule has 1 heterocycles. The molecule has 1 fully saturated rings. The van der Waals surface area contributed by atoms with Crippen molar-refractivity contribution < 1.29 is 23.9 Å². The zero-order valence-corrected chi connectivity index (χ0v) is 21.2. The first-order chi connectivity index (χ1) is 18.4. The van der Waals surface area contributed by atoms with E-state index in [0.717, 1.165) is 27.2 Å². The summed E-state index contributed by atoms with van der Waals surface area (Å²) in [5.74, 6) is -3.99. The standard InChI is InChI=1S/C31H28N2O5/c1-17(2)28(31(37)38-16-23(34)32-18-10-4-3-5-11-18)33-29(35)26-24-19-12-6-7-13-20(19)25(27(26)30(33)36)22-15-9-8-14-21(22)24/h3-15,17,24-28H,16H2,1-2H3,(H,32,34)/t24?,25?,26-,27+,28-/m1/s1. The van der Waals surface area contributed by atoms with Crippen LogP contribution in [-0.4, -0.2) is 41.2 Å². The Morgan fingerprint density at radius 1 is 0.763 bits per heavy atom. The molecule has 3 aromatic carbocycles. The Kier molecular flexibility index (Phi) is 5.86. The van der Waals surface area contributed by atoms with Crippen molar-refractivity contribution in [2.75, 3.05) is 11.9 Å². The average molecular weight is 509 g/mol. The number of likely N-dealkylation sites (tertiary alicyclic amines) is 1. The molecule has 0 radical (unpaired) electrons. The fraction of sp³-hybridized carbons (Fsp3) is 0.290. The van der Waals surface area contributed by atoms with Gasteiger partial charge in [-0.05, 0) is 40.3 Å². The molecule has 2 bridgehead atoms. The lowest BCUT2D eigenvalue weighted by Gasteiger charge is -2.45. The maximum absolute atomic E-state index is 14.0. The third-order valence-electron chi connectivity index (χ3n) is 8.04. The topological polar surface area (TPSA) is 92.8 Å². The molecule has 38 heavy (non-hydrogen) atoms. The number of nitrogens with zero attached hydrogens (tertiary/aromatic N) is 1. The Morgan fingerprint density at radius 2 is 1.21 bits per heavy atom. The van der Waals surface area contributed by atoms with Crippen molar-refractivity contribution in [3.8, 4) is 0 Å². The summed E-state index contributed by atoms with van der Waals surface area (Å²) in [7, 11) is 0. The molecule has 192 valence electrons. The first-order valence-electron chi connectivity index (χ1n) is 12.9. The number of para-hydroxylation sites is 1. The van der Waals surface area contributed by atoms with Gasteiger partial charge in [-0.3, -0.25) is 19.3 Å². The van der Waals surface area contributed by atoms with E-state index in [-0.39, 0.29) is 23.7 Å². The molecule has 1 saturated heterocycles. The number of ether oxygens (including phenoxy) is 1. The minimum atomic E-state index is -1.12. The van der Waals surface area contributed by atoms with E-state index in [1.54, 1.807) is 38.1 Å². The molecular formula is C31H28N2O5. The van der Waals surface area contributed by atoms with E-state index in [0.29, 0.717) is 5.69 Å². The van der Waals surface area contributed by atoms with Gasteiger partial charge in [0.25, 0.3) is 5.91 Å². The molecule has 3 amide bonds. The largest absolute Gasteiger partial charge is 0.454 e. The van der Waals surface area contributed by atoms with Crippen LogP contribution >= 0.6 is 0 Å². The van der Waals surface area contributed by atoms with Crippen LogP contribution in [0.5, 0.6) is 0 Å². The Bertz CT molecular complexity index is 1330. The van der Waals surface area contributed by atoms with E-state index in [1.165, 1.54) is 0 Å². The molecule has 0 unspecified atom stereocenters. The normalized spacial score (nSPS) is 23.5. The SMILES string of the molecule is CC(C)[C@H](C(=O)OCC(=O)Nc1ccccc1)N1C(=O)[C@@H]2C3c4ccccc4C(c4ccccc43)[C@@H]2C1=O. The monoisotopic (exact) mass is 508 g/mol. The minimum Gasteiger partial charge on any atom is -0.454 e. The molecule has 7 nitrogen and oxygen atoms in total. The van der Waals surface area contributed by atoms with Gasteiger partial charge in [-0.25, -0.2) is 4.79 Å². The number of amides is 3. The van der Waals surface area contributed by atoms with Gasteiger partial charge in [-0.15, -0.1) is 0 Å². The van der Waals surface area contributed by atoms with Crippen LogP contribution in [0, 0.1) is 17.8 Å². The minimum absolute atomic E-state index is 0.251. The number of benzene rings is 3. The van der Waals surface area contributed by atoms with Crippen LogP contribution in [0.2, 0.25) is 0 Å². The Labute approximate surface area is 220 Å². The lowest BCUT2D eigenvalue weighted by atomic mass is 9.55. The molecule has 0 spiro atoms. The number of carbonyl (C=O) groups excluding carboxylic acids is 4. The number of carbonyl (C=O) groups is 4. The van der Waals surface area contributed by atoms with Crippen LogP contribution in [0.15, 0.2) is 78.9 Å². The van der Waals surface area contributed by atoms with Gasteiger partial charge < -0.3 is 10.1 Å². The third-order valence-corrected chi connectivity index (χ3v) is 8.04. The predicted molar refractivity (Wildman–Crippen MR) is 140 cm³/mol. The molecule has 3 atom stereocenters. The number of hydrogen-bond donors (Lipinski definition) is 1. The summed E-state index contributed by atoms with van der Waals surface area (Å²) in [5.41, 5.74) is 4.87. The van der Waals surface area contributed by atoms with Gasteiger partial charge in [0.1, 0.15) is 6.04 Å². The van der Waals surface area contributed by atoms with Gasteiger partial charge in [-0.2, -0.15) is 0 Å². The number of anilines is 1. The van der Waals surface area contributed by atoms with Crippen molar-refractivity contribution in [1.29, 1.82) is 0 Å². The van der Waals surface area contributed by atoms with Crippen molar-refractivity contribution in [3.05, 3.63) is 101 Å². The van der Waals surface area contributed by atoms with E-state index in [9.17, 15) is 19.2 Å². The van der Waals surface area contributed by atoms with E-state index >= 15 is 0 Å². The quantitative estimate of drug-likeness (QED) is 0.400. The molecule has 0 aromatic heterocycles. The number of esters is 1. The van der Waals surface area contributed by atoms with E-state index in [2.05, 4.69) is 5.32 Å². The number of hydrogen-bond acceptors (Lipinski definition) is 5. The number of nitrogens with one attached hydrogen (secondary N) is 1. The van der Waals surface area contributed by atoms with Gasteiger partial charge >= 0.3 is 5.97 Å². The smallest absolute Gasteiger partial charge is 0.330 e. The molecule has 3 aromatic rings. The maximum Gasteiger partial charge on any atom is 0.330 e. The van der Waals surface area contributed by atoms with Crippen molar-refractivity contribution in [3.63, 3.8) is 0 Å². The lowest BCUT2D eigenvalue weighted by molar-refractivity contribution is -0.162. The van der Waals surface area contributed by atoms with Crippen molar-refractivity contribution in [1.82, 2.24) is 4.90 Å². The van der Waals surface area contributed by atoms with Gasteiger partial charge in [0.05, 0.1) is 11.8 Å². The molecule has 1 aliphatic heterocycles. The molecule has 3 aliphatic carbocycles. The van der Waals surface area contributed by atoms with E-state index in [4.69, 9.17) is 4.74 Å². The van der Waals surface area contributed by atoms with E-state index < -0.39 is 42.3 Å². The first-order valence-corrected chi connectivity index (χ1v) is 12.9. The van der Waals surface area contributed by atoms with Gasteiger partial charge in [0.15, 0.2) is 6.61 Å². The Hall–Kier alpha value is -4.26. The summed E-state index contributed by atoms with van der Waals surface area (Å²) in [5, 5.41) is 2.67. The van der Waals surface area contributed by atoms with Crippen molar-refractivity contribution in [2.45, 2.75) is 31.7 Å². The predicted octanol–water partition coefficient (Wildman–Crippen LogP) is 4.09. The van der Waals surface area contributed by atoms with Gasteiger partial charge in [0, 0.05) is 17.5 Å². The van der Waals surface area contributed by atoms with Crippen LogP contribution in [0.1, 0.15) is 47.9 Å². The number of rotatable bonds is 6. The van der Waals surface area contributed by atoms with E-state index in [1.807, 2.05) is 54.6 Å². The average Bonchev–Trinajstić information content (AvgIpc) is 3.18. The third kappa shape index (κ3) is 3.64. The zero-order valence-electron chi connectivity index (χ0n) is 21.2. The van der Waals surface area contributed by atoms with Crippen LogP contribution in [0.3, 0.4) is 0 Å². The highest BCUT2D eigenvalue weighted by molar-refractivity contribution is 6.10. The summed E-state index contributed by atoms with van der Waals surface area (Å²) < 4.78 is 5.36. The van der Waals surface area contributed by atoms with Crippen LogP contribution < -0.4 is 5.32 Å². The summed E-state index contributed by atoms with van der Waals surface area (Å²) in [4.78, 5) is 54.8. The molecule has 1 N–H and O–H groups in total. The summed E-state index contributed by atoms with van der Waals surface area (Å²) in [6, 6.07) is 23.7. The fourth-order valence-corrected chi connectivity index (χ4v) is 6.59. The van der Waals surface area contributed by atoms with Gasteiger partial charge in [-0.1, -0.05) is 80.6 Å². The highest BCUT2D eigenvalue weighted by Gasteiger charge is 2.63. The summed E-state index contributed by atoms with van der Waals surface area (Å²) >= 11 is 0. The summed E-state index contributed by atoms with van der Waals surface area (Å²) in [6.07, 6.45) is 0. The van der Waals surface area contributed by atoms with Crippen molar-refractivity contribution in [2.24, 2.45) is 17.8 Å². The van der Waals surface area contributed by atoms with Crippen LogP contribution in [-0.2, 0) is 23.9 Å². The zero-order chi connectivity index (χ0) is 26.6.